The standard InChI is InChI=1S/C23H23F3N4O4S/c1-15(21(31)28-12-16-5-3-7-19(9-16)23(24,25)26)29(2)22(32)18-6-4-8-20(10-18)35(33,34)30-13-17(11-27)14-30/h3-10,15,17H,12-14H2,1-2H3,(H,28,31)/t15-/m1/s1. The quantitative estimate of drug-likeness (QED) is 0.618. The van der Waals surface area contributed by atoms with Crippen molar-refractivity contribution in [2.45, 2.75) is 30.6 Å². The fraction of sp³-hybridized carbons (Fsp3) is 0.348. The van der Waals surface area contributed by atoms with E-state index in [-0.39, 0.29) is 41.6 Å². The summed E-state index contributed by atoms with van der Waals surface area (Å²) in [5, 5.41) is 11.4. The van der Waals surface area contributed by atoms with Gasteiger partial charge in [-0.2, -0.15) is 22.7 Å². The summed E-state index contributed by atoms with van der Waals surface area (Å²) in [5.74, 6) is -1.57. The number of carbonyl (C=O) groups excluding carboxylic acids is 2. The number of amides is 2. The van der Waals surface area contributed by atoms with E-state index in [1.54, 1.807) is 0 Å². The van der Waals surface area contributed by atoms with Gasteiger partial charge in [-0.05, 0) is 42.8 Å². The minimum absolute atomic E-state index is 0.0449. The Morgan fingerprint density at radius 2 is 1.86 bits per heavy atom. The SMILES string of the molecule is C[C@H](C(=O)NCc1cccc(C(F)(F)F)c1)N(C)C(=O)c1cccc(S(=O)(=O)N2CC(C#N)C2)c1. The molecule has 1 atom stereocenters. The predicted molar refractivity (Wildman–Crippen MR) is 119 cm³/mol. The smallest absolute Gasteiger partial charge is 0.350 e. The number of nitriles is 1. The van der Waals surface area contributed by atoms with Crippen LogP contribution in [0.1, 0.15) is 28.4 Å². The Bertz CT molecular complexity index is 1270. The molecule has 0 spiro atoms. The second-order valence-electron chi connectivity index (χ2n) is 8.18. The zero-order valence-electron chi connectivity index (χ0n) is 18.9. The molecule has 1 saturated heterocycles. The van der Waals surface area contributed by atoms with Crippen molar-refractivity contribution in [2.75, 3.05) is 20.1 Å². The van der Waals surface area contributed by atoms with Crippen molar-refractivity contribution in [1.29, 1.82) is 5.26 Å². The molecule has 3 rings (SSSR count). The van der Waals surface area contributed by atoms with E-state index < -0.39 is 39.6 Å². The minimum Gasteiger partial charge on any atom is -0.350 e. The number of nitrogens with one attached hydrogen (secondary N) is 1. The zero-order valence-corrected chi connectivity index (χ0v) is 19.7. The van der Waals surface area contributed by atoms with Crippen LogP contribution >= 0.6 is 0 Å². The van der Waals surface area contributed by atoms with Crippen LogP contribution in [0.2, 0.25) is 0 Å². The van der Waals surface area contributed by atoms with E-state index in [4.69, 9.17) is 5.26 Å². The van der Waals surface area contributed by atoms with Crippen LogP contribution in [-0.2, 0) is 27.5 Å². The molecule has 1 aliphatic rings. The highest BCUT2D eigenvalue weighted by molar-refractivity contribution is 7.89. The largest absolute Gasteiger partial charge is 0.416 e. The van der Waals surface area contributed by atoms with Crippen LogP contribution in [-0.4, -0.2) is 55.6 Å². The number of alkyl halides is 3. The second-order valence-corrected chi connectivity index (χ2v) is 10.1. The molecule has 2 aromatic rings. The van der Waals surface area contributed by atoms with E-state index in [9.17, 15) is 31.2 Å². The van der Waals surface area contributed by atoms with Gasteiger partial charge in [0.25, 0.3) is 5.91 Å². The molecular formula is C23H23F3N4O4S. The molecule has 0 aliphatic carbocycles. The first-order chi connectivity index (χ1) is 16.3. The van der Waals surface area contributed by atoms with Crippen molar-refractivity contribution in [1.82, 2.24) is 14.5 Å². The van der Waals surface area contributed by atoms with Gasteiger partial charge in [-0.25, -0.2) is 8.42 Å². The van der Waals surface area contributed by atoms with Crippen molar-refractivity contribution in [3.05, 3.63) is 65.2 Å². The fourth-order valence-corrected chi connectivity index (χ4v) is 4.98. The van der Waals surface area contributed by atoms with Crippen LogP contribution in [0, 0.1) is 17.2 Å². The van der Waals surface area contributed by atoms with Crippen LogP contribution in [0.3, 0.4) is 0 Å². The van der Waals surface area contributed by atoms with E-state index in [1.165, 1.54) is 50.4 Å². The molecule has 35 heavy (non-hydrogen) atoms. The number of hydrogen-bond donors (Lipinski definition) is 1. The first kappa shape index (κ1) is 26.2. The molecule has 8 nitrogen and oxygen atoms in total. The summed E-state index contributed by atoms with van der Waals surface area (Å²) in [4.78, 5) is 26.5. The van der Waals surface area contributed by atoms with Gasteiger partial charge in [0, 0.05) is 32.2 Å². The second kappa shape index (κ2) is 10.1. The van der Waals surface area contributed by atoms with E-state index in [0.29, 0.717) is 0 Å². The van der Waals surface area contributed by atoms with E-state index in [0.717, 1.165) is 21.3 Å². The Hall–Kier alpha value is -3.43. The number of nitrogens with zero attached hydrogens (tertiary/aromatic N) is 3. The van der Waals surface area contributed by atoms with Gasteiger partial charge in [-0.15, -0.1) is 0 Å². The van der Waals surface area contributed by atoms with E-state index >= 15 is 0 Å². The summed E-state index contributed by atoms with van der Waals surface area (Å²) in [6, 6.07) is 10.9. The topological polar surface area (TPSA) is 111 Å². The lowest BCUT2D eigenvalue weighted by molar-refractivity contribution is -0.137. The van der Waals surface area contributed by atoms with Gasteiger partial charge >= 0.3 is 6.18 Å². The van der Waals surface area contributed by atoms with Crippen LogP contribution in [0.4, 0.5) is 13.2 Å². The van der Waals surface area contributed by atoms with Gasteiger partial charge < -0.3 is 10.2 Å². The van der Waals surface area contributed by atoms with Crippen molar-refractivity contribution in [3.8, 4) is 6.07 Å². The zero-order chi connectivity index (χ0) is 26.0. The summed E-state index contributed by atoms with van der Waals surface area (Å²) in [7, 11) is -2.50. The lowest BCUT2D eigenvalue weighted by Crippen LogP contribution is -2.49. The summed E-state index contributed by atoms with van der Waals surface area (Å²) in [5.41, 5.74) is -0.541. The Morgan fingerprint density at radius 3 is 2.49 bits per heavy atom. The number of sulfonamides is 1. The molecule has 0 unspecified atom stereocenters. The van der Waals surface area contributed by atoms with Gasteiger partial charge in [0.15, 0.2) is 0 Å². The van der Waals surface area contributed by atoms with Crippen LogP contribution in [0.25, 0.3) is 0 Å². The highest BCUT2D eigenvalue weighted by Gasteiger charge is 2.37. The van der Waals surface area contributed by atoms with Crippen molar-refractivity contribution in [3.63, 3.8) is 0 Å². The number of rotatable bonds is 7. The van der Waals surface area contributed by atoms with E-state index in [2.05, 4.69) is 5.32 Å². The molecule has 0 radical (unpaired) electrons. The Labute approximate surface area is 201 Å². The molecule has 1 fully saturated rings. The average molecular weight is 509 g/mol. The summed E-state index contributed by atoms with van der Waals surface area (Å²) in [6.07, 6.45) is -4.50. The number of halogens is 3. The predicted octanol–water partition coefficient (Wildman–Crippen LogP) is 2.63. The fourth-order valence-electron chi connectivity index (χ4n) is 3.40. The molecule has 1 N–H and O–H groups in total. The molecule has 1 aliphatic heterocycles. The highest BCUT2D eigenvalue weighted by Crippen LogP contribution is 2.29. The number of likely N-dealkylation sites (N-methyl/N-ethyl adjacent to an activating group) is 1. The van der Waals surface area contributed by atoms with Crippen molar-refractivity contribution < 1.29 is 31.2 Å². The maximum absolute atomic E-state index is 12.9. The van der Waals surface area contributed by atoms with Gasteiger partial charge in [-0.1, -0.05) is 18.2 Å². The molecule has 1 heterocycles. The maximum Gasteiger partial charge on any atom is 0.416 e. The number of benzene rings is 2. The summed E-state index contributed by atoms with van der Waals surface area (Å²) < 4.78 is 65.2. The van der Waals surface area contributed by atoms with Gasteiger partial charge in [0.2, 0.25) is 15.9 Å². The highest BCUT2D eigenvalue weighted by atomic mass is 32.2. The number of carbonyl (C=O) groups is 2. The third-order valence-corrected chi connectivity index (χ3v) is 7.58. The third kappa shape index (κ3) is 5.80. The van der Waals surface area contributed by atoms with Crippen molar-refractivity contribution in [2.24, 2.45) is 5.92 Å². The molecule has 0 saturated carbocycles. The first-order valence-corrected chi connectivity index (χ1v) is 12.0. The molecule has 186 valence electrons. The Morgan fingerprint density at radius 1 is 1.20 bits per heavy atom. The minimum atomic E-state index is -4.50. The summed E-state index contributed by atoms with van der Waals surface area (Å²) >= 11 is 0. The van der Waals surface area contributed by atoms with Crippen LogP contribution < -0.4 is 5.32 Å². The molecule has 2 amide bonds. The Balaban J connectivity index is 1.66. The van der Waals surface area contributed by atoms with Gasteiger partial charge in [0.05, 0.1) is 22.4 Å². The Kier molecular flexibility index (Phi) is 7.52. The lowest BCUT2D eigenvalue weighted by atomic mass is 10.1. The summed E-state index contributed by atoms with van der Waals surface area (Å²) in [6.45, 7) is 1.45. The van der Waals surface area contributed by atoms with Gasteiger partial charge in [-0.3, -0.25) is 9.59 Å². The molecule has 0 aromatic heterocycles. The third-order valence-electron chi connectivity index (χ3n) is 5.75. The van der Waals surface area contributed by atoms with Crippen LogP contribution in [0.5, 0.6) is 0 Å². The average Bonchev–Trinajstić information content (AvgIpc) is 2.80. The monoisotopic (exact) mass is 508 g/mol. The first-order valence-electron chi connectivity index (χ1n) is 10.6. The van der Waals surface area contributed by atoms with Crippen LogP contribution in [0.15, 0.2) is 53.4 Å². The molecule has 0 bridgehead atoms. The molecule has 2 aromatic carbocycles. The maximum atomic E-state index is 12.9. The normalized spacial score (nSPS) is 15.5. The van der Waals surface area contributed by atoms with E-state index in [1.807, 2.05) is 6.07 Å². The van der Waals surface area contributed by atoms with Crippen molar-refractivity contribution >= 4 is 21.8 Å². The number of hydrogen-bond acceptors (Lipinski definition) is 5. The molecule has 12 heteroatoms. The van der Waals surface area contributed by atoms with Gasteiger partial charge in [0.1, 0.15) is 6.04 Å². The lowest BCUT2D eigenvalue weighted by Gasteiger charge is -2.34. The molecular weight excluding hydrogens is 485 g/mol.